The van der Waals surface area contributed by atoms with Crippen LogP contribution in [0, 0.1) is 5.92 Å². The summed E-state index contributed by atoms with van der Waals surface area (Å²) in [4.78, 5) is 14.1. The highest BCUT2D eigenvalue weighted by Gasteiger charge is 2.28. The Labute approximate surface area is 144 Å². The highest BCUT2D eigenvalue weighted by Crippen LogP contribution is 2.30. The first-order chi connectivity index (χ1) is 11.6. The van der Waals surface area contributed by atoms with E-state index >= 15 is 0 Å². The molecule has 1 saturated heterocycles. The van der Waals surface area contributed by atoms with Crippen molar-refractivity contribution in [3.63, 3.8) is 0 Å². The molecule has 2 aromatic carbocycles. The number of nitrogens with two attached hydrogens (primary N) is 1. The van der Waals surface area contributed by atoms with Gasteiger partial charge in [0.2, 0.25) is 5.91 Å². The summed E-state index contributed by atoms with van der Waals surface area (Å²) in [7, 11) is 0. The average molecular weight is 325 g/mol. The summed E-state index contributed by atoms with van der Waals surface area (Å²) in [5.74, 6) is 0.719. The number of piperidine rings is 1. The number of nitrogen functional groups attached to an aromatic ring is 1. The van der Waals surface area contributed by atoms with Gasteiger partial charge in [-0.25, -0.2) is 0 Å². The van der Waals surface area contributed by atoms with Gasteiger partial charge in [-0.3, -0.25) is 4.79 Å². The number of amides is 1. The lowest BCUT2D eigenvalue weighted by Crippen LogP contribution is -2.47. The summed E-state index contributed by atoms with van der Waals surface area (Å²) >= 11 is 0. The Morgan fingerprint density at radius 2 is 2.00 bits per heavy atom. The molecule has 1 amide bonds. The largest absolute Gasteiger partial charge is 0.398 e. The number of anilines is 2. The quantitative estimate of drug-likeness (QED) is 0.839. The molecule has 0 spiro atoms. The second-order valence-electron chi connectivity index (χ2n) is 6.85. The molecule has 24 heavy (non-hydrogen) atoms. The number of nitrogens with zero attached hydrogens (tertiary/aromatic N) is 1. The molecule has 4 nitrogen and oxygen atoms in total. The standard InChI is InChI=1S/C20H27N3O/c1-3-6-20(24)23-12-11-18(14(2)13-23)22-19-10-9-17(21)15-7-4-5-8-16(15)19/h4-5,7-10,14,18,22H,3,6,11-13,21H2,1-2H3/t14?,18-/m0/s1. The summed E-state index contributed by atoms with van der Waals surface area (Å²) < 4.78 is 0. The van der Waals surface area contributed by atoms with Crippen LogP contribution in [-0.4, -0.2) is 29.9 Å². The molecule has 128 valence electrons. The molecule has 0 bridgehead atoms. The molecular weight excluding hydrogens is 298 g/mol. The number of likely N-dealkylation sites (tertiary alicyclic amines) is 1. The maximum atomic E-state index is 12.1. The van der Waals surface area contributed by atoms with Crippen molar-refractivity contribution in [3.05, 3.63) is 36.4 Å². The fourth-order valence-electron chi connectivity index (χ4n) is 3.61. The zero-order valence-electron chi connectivity index (χ0n) is 14.6. The van der Waals surface area contributed by atoms with Crippen LogP contribution in [0.2, 0.25) is 0 Å². The van der Waals surface area contributed by atoms with Gasteiger partial charge in [0.15, 0.2) is 0 Å². The minimum Gasteiger partial charge on any atom is -0.398 e. The van der Waals surface area contributed by atoms with Crippen molar-refractivity contribution in [1.82, 2.24) is 4.90 Å². The minimum atomic E-state index is 0.292. The highest BCUT2D eigenvalue weighted by molar-refractivity contribution is 6.01. The number of hydrogen-bond donors (Lipinski definition) is 2. The maximum absolute atomic E-state index is 12.1. The van der Waals surface area contributed by atoms with Gasteiger partial charge >= 0.3 is 0 Å². The molecule has 2 aromatic rings. The van der Waals surface area contributed by atoms with Crippen molar-refractivity contribution >= 4 is 28.1 Å². The molecular formula is C20H27N3O. The third-order valence-electron chi connectivity index (χ3n) is 5.02. The molecule has 0 aliphatic carbocycles. The Bertz CT molecular complexity index is 728. The van der Waals surface area contributed by atoms with E-state index in [0.29, 0.717) is 24.3 Å². The van der Waals surface area contributed by atoms with Crippen molar-refractivity contribution < 1.29 is 4.79 Å². The molecule has 1 unspecified atom stereocenters. The predicted octanol–water partition coefficient (Wildman–Crippen LogP) is 3.87. The first kappa shape index (κ1) is 16.6. The fraction of sp³-hybridized carbons (Fsp3) is 0.450. The number of fused-ring (bicyclic) bond motifs is 1. The van der Waals surface area contributed by atoms with Gasteiger partial charge in [0.25, 0.3) is 0 Å². The van der Waals surface area contributed by atoms with Gasteiger partial charge < -0.3 is 16.0 Å². The Balaban J connectivity index is 1.74. The first-order valence-electron chi connectivity index (χ1n) is 8.91. The van der Waals surface area contributed by atoms with Gasteiger partial charge in [0, 0.05) is 47.7 Å². The van der Waals surface area contributed by atoms with Gasteiger partial charge in [-0.1, -0.05) is 38.1 Å². The van der Waals surface area contributed by atoms with E-state index in [4.69, 9.17) is 5.73 Å². The molecule has 0 aromatic heterocycles. The van der Waals surface area contributed by atoms with Gasteiger partial charge in [-0.2, -0.15) is 0 Å². The van der Waals surface area contributed by atoms with Gasteiger partial charge in [0.05, 0.1) is 0 Å². The summed E-state index contributed by atoms with van der Waals surface area (Å²) in [5.41, 5.74) is 8.03. The van der Waals surface area contributed by atoms with Crippen molar-refractivity contribution in [2.24, 2.45) is 5.92 Å². The van der Waals surface area contributed by atoms with Crippen LogP contribution in [0.1, 0.15) is 33.1 Å². The molecule has 3 N–H and O–H groups in total. The van der Waals surface area contributed by atoms with Crippen LogP contribution < -0.4 is 11.1 Å². The second kappa shape index (κ2) is 7.12. The summed E-state index contributed by atoms with van der Waals surface area (Å²) in [6.07, 6.45) is 2.56. The third-order valence-corrected chi connectivity index (χ3v) is 5.02. The van der Waals surface area contributed by atoms with Crippen molar-refractivity contribution in [3.8, 4) is 0 Å². The molecule has 0 saturated carbocycles. The number of benzene rings is 2. The van der Waals surface area contributed by atoms with E-state index in [2.05, 4.69) is 37.4 Å². The van der Waals surface area contributed by atoms with Crippen LogP contribution in [0.25, 0.3) is 10.8 Å². The minimum absolute atomic E-state index is 0.292. The third kappa shape index (κ3) is 3.32. The molecule has 1 aliphatic rings. The van der Waals surface area contributed by atoms with E-state index in [1.54, 1.807) is 0 Å². The van der Waals surface area contributed by atoms with Crippen LogP contribution in [-0.2, 0) is 4.79 Å². The maximum Gasteiger partial charge on any atom is 0.222 e. The van der Waals surface area contributed by atoms with Crippen molar-refractivity contribution in [2.75, 3.05) is 24.1 Å². The lowest BCUT2D eigenvalue weighted by atomic mass is 9.92. The molecule has 2 atom stereocenters. The van der Waals surface area contributed by atoms with Gasteiger partial charge in [-0.15, -0.1) is 0 Å². The van der Waals surface area contributed by atoms with Crippen LogP contribution in [0.4, 0.5) is 11.4 Å². The number of carbonyl (C=O) groups excluding carboxylic acids is 1. The van der Waals surface area contributed by atoms with E-state index in [0.717, 1.165) is 48.1 Å². The topological polar surface area (TPSA) is 58.4 Å². The molecule has 1 aliphatic heterocycles. The summed E-state index contributed by atoms with van der Waals surface area (Å²) in [5, 5.41) is 5.95. The Morgan fingerprint density at radius 3 is 2.71 bits per heavy atom. The van der Waals surface area contributed by atoms with E-state index in [1.165, 1.54) is 0 Å². The van der Waals surface area contributed by atoms with Gasteiger partial charge in [-0.05, 0) is 30.9 Å². The molecule has 1 fully saturated rings. The average Bonchev–Trinajstić information content (AvgIpc) is 2.59. The lowest BCUT2D eigenvalue weighted by Gasteiger charge is -2.38. The van der Waals surface area contributed by atoms with Crippen LogP contribution in [0.3, 0.4) is 0 Å². The van der Waals surface area contributed by atoms with E-state index < -0.39 is 0 Å². The molecule has 0 radical (unpaired) electrons. The monoisotopic (exact) mass is 325 g/mol. The number of nitrogens with one attached hydrogen (secondary N) is 1. The smallest absolute Gasteiger partial charge is 0.222 e. The molecule has 4 heteroatoms. The first-order valence-corrected chi connectivity index (χ1v) is 8.91. The number of rotatable bonds is 4. The fourth-order valence-corrected chi connectivity index (χ4v) is 3.61. The van der Waals surface area contributed by atoms with Crippen LogP contribution >= 0.6 is 0 Å². The SMILES string of the molecule is CCCC(=O)N1CC[C@H](Nc2ccc(N)c3ccccc23)C(C)C1. The number of hydrogen-bond acceptors (Lipinski definition) is 3. The molecule has 1 heterocycles. The van der Waals surface area contributed by atoms with E-state index in [9.17, 15) is 4.79 Å². The van der Waals surface area contributed by atoms with Crippen LogP contribution in [0.15, 0.2) is 36.4 Å². The van der Waals surface area contributed by atoms with Crippen molar-refractivity contribution in [2.45, 2.75) is 39.2 Å². The van der Waals surface area contributed by atoms with Crippen LogP contribution in [0.5, 0.6) is 0 Å². The lowest BCUT2D eigenvalue weighted by molar-refractivity contribution is -0.133. The zero-order chi connectivity index (χ0) is 17.1. The van der Waals surface area contributed by atoms with Gasteiger partial charge in [0.1, 0.15) is 0 Å². The normalized spacial score (nSPS) is 21.0. The summed E-state index contributed by atoms with van der Waals surface area (Å²) in [6.45, 7) is 5.96. The second-order valence-corrected chi connectivity index (χ2v) is 6.85. The van der Waals surface area contributed by atoms with Crippen molar-refractivity contribution in [1.29, 1.82) is 0 Å². The van der Waals surface area contributed by atoms with E-state index in [-0.39, 0.29) is 0 Å². The Morgan fingerprint density at radius 1 is 1.25 bits per heavy atom. The molecule has 3 rings (SSSR count). The Hall–Kier alpha value is -2.23. The zero-order valence-corrected chi connectivity index (χ0v) is 14.6. The predicted molar refractivity (Wildman–Crippen MR) is 101 cm³/mol. The highest BCUT2D eigenvalue weighted by atomic mass is 16.2. The Kier molecular flexibility index (Phi) is 4.93. The van der Waals surface area contributed by atoms with E-state index in [1.807, 2.05) is 23.1 Å². The number of carbonyl (C=O) groups is 1. The summed E-state index contributed by atoms with van der Waals surface area (Å²) in [6, 6.07) is 12.6.